The molecule has 24 heavy (non-hydrogen) atoms. The van der Waals surface area contributed by atoms with Gasteiger partial charge in [-0.15, -0.1) is 0 Å². The summed E-state index contributed by atoms with van der Waals surface area (Å²) in [5, 5.41) is 9.12. The third-order valence-corrected chi connectivity index (χ3v) is 6.20. The molecule has 6 heteroatoms. The molecule has 1 aliphatic carbocycles. The van der Waals surface area contributed by atoms with E-state index in [2.05, 4.69) is 18.0 Å². The number of hydrogen-bond donors (Lipinski definition) is 0. The second kappa shape index (κ2) is 7.71. The molecule has 3 rings (SSSR count). The second-order valence-corrected chi connectivity index (χ2v) is 7.64. The second-order valence-electron chi connectivity index (χ2n) is 7.64. The molecule has 0 aromatic rings. The minimum absolute atomic E-state index is 0.127. The van der Waals surface area contributed by atoms with E-state index < -0.39 is 0 Å². The minimum Gasteiger partial charge on any atom is -0.381 e. The Bertz CT molecular complexity index is 492. The van der Waals surface area contributed by atoms with Gasteiger partial charge in [-0.3, -0.25) is 9.69 Å². The highest BCUT2D eigenvalue weighted by Crippen LogP contribution is 2.32. The van der Waals surface area contributed by atoms with Gasteiger partial charge in [-0.1, -0.05) is 13.3 Å². The molecular weight excluding hydrogens is 304 g/mol. The van der Waals surface area contributed by atoms with Gasteiger partial charge in [-0.2, -0.15) is 5.26 Å². The first-order chi connectivity index (χ1) is 11.6. The molecule has 0 aromatic heterocycles. The van der Waals surface area contributed by atoms with Crippen LogP contribution in [-0.2, 0) is 9.53 Å². The zero-order valence-electron chi connectivity index (χ0n) is 15.0. The van der Waals surface area contributed by atoms with Gasteiger partial charge in [-0.25, -0.2) is 0 Å². The molecule has 4 atom stereocenters. The van der Waals surface area contributed by atoms with Gasteiger partial charge < -0.3 is 14.5 Å². The molecule has 3 fully saturated rings. The van der Waals surface area contributed by atoms with Crippen LogP contribution in [0.15, 0.2) is 0 Å². The summed E-state index contributed by atoms with van der Waals surface area (Å²) in [4.78, 5) is 18.9. The van der Waals surface area contributed by atoms with Crippen molar-refractivity contribution >= 4 is 5.91 Å². The molecular formula is C18H30N4O2. The summed E-state index contributed by atoms with van der Waals surface area (Å²) in [6.45, 7) is 7.01. The summed E-state index contributed by atoms with van der Waals surface area (Å²) in [5.41, 5.74) is 0. The Morgan fingerprint density at radius 2 is 2.08 bits per heavy atom. The average Bonchev–Trinajstić information content (AvgIpc) is 2.63. The number of nitriles is 1. The molecule has 6 nitrogen and oxygen atoms in total. The molecule has 2 heterocycles. The number of piperazine rings is 2. The van der Waals surface area contributed by atoms with Crippen LogP contribution in [0.4, 0.5) is 0 Å². The summed E-state index contributed by atoms with van der Waals surface area (Å²) in [6, 6.07) is -0.127. The lowest BCUT2D eigenvalue weighted by Crippen LogP contribution is -2.64. The van der Waals surface area contributed by atoms with Crippen LogP contribution in [0, 0.1) is 23.3 Å². The quantitative estimate of drug-likeness (QED) is 0.722. The van der Waals surface area contributed by atoms with Gasteiger partial charge >= 0.3 is 0 Å². The van der Waals surface area contributed by atoms with E-state index in [-0.39, 0.29) is 11.9 Å². The Kier molecular flexibility index (Phi) is 5.62. The Labute approximate surface area is 145 Å². The number of ether oxygens (including phenoxy) is 1. The monoisotopic (exact) mass is 334 g/mol. The van der Waals surface area contributed by atoms with E-state index >= 15 is 0 Å². The number of hydrogen-bond acceptors (Lipinski definition) is 5. The van der Waals surface area contributed by atoms with Crippen LogP contribution in [0.3, 0.4) is 0 Å². The molecule has 2 saturated heterocycles. The first kappa shape index (κ1) is 17.5. The largest absolute Gasteiger partial charge is 0.381 e. The predicted octanol–water partition coefficient (Wildman–Crippen LogP) is 1.14. The van der Waals surface area contributed by atoms with Crippen molar-refractivity contribution < 1.29 is 9.53 Å². The molecule has 1 amide bonds. The van der Waals surface area contributed by atoms with Gasteiger partial charge in [0, 0.05) is 39.8 Å². The topological polar surface area (TPSA) is 59.8 Å². The van der Waals surface area contributed by atoms with Crippen LogP contribution >= 0.6 is 0 Å². The van der Waals surface area contributed by atoms with Gasteiger partial charge in [0.2, 0.25) is 5.91 Å². The average molecular weight is 334 g/mol. The smallest absolute Gasteiger partial charge is 0.241 e. The molecule has 0 spiro atoms. The Morgan fingerprint density at radius 3 is 2.83 bits per heavy atom. The molecule has 0 bridgehead atoms. The number of rotatable bonds is 4. The lowest BCUT2D eigenvalue weighted by atomic mass is 9.79. The highest BCUT2D eigenvalue weighted by molar-refractivity contribution is 5.83. The van der Waals surface area contributed by atoms with Crippen molar-refractivity contribution in [3.05, 3.63) is 0 Å². The van der Waals surface area contributed by atoms with Crippen LogP contribution in [0.25, 0.3) is 0 Å². The maximum Gasteiger partial charge on any atom is 0.241 e. The van der Waals surface area contributed by atoms with Crippen molar-refractivity contribution in [3.63, 3.8) is 0 Å². The van der Waals surface area contributed by atoms with Crippen molar-refractivity contribution in [2.45, 2.75) is 44.8 Å². The first-order valence-corrected chi connectivity index (χ1v) is 9.32. The fourth-order valence-corrected chi connectivity index (χ4v) is 4.57. The maximum atomic E-state index is 12.9. The van der Waals surface area contributed by atoms with E-state index in [4.69, 9.17) is 10.00 Å². The summed E-state index contributed by atoms with van der Waals surface area (Å²) in [5.74, 6) is 1.37. The van der Waals surface area contributed by atoms with Crippen molar-refractivity contribution in [3.8, 4) is 6.19 Å². The fourth-order valence-electron chi connectivity index (χ4n) is 4.57. The molecule has 1 saturated carbocycles. The van der Waals surface area contributed by atoms with E-state index in [1.54, 1.807) is 4.90 Å². The third kappa shape index (κ3) is 3.68. The third-order valence-electron chi connectivity index (χ3n) is 6.20. The van der Waals surface area contributed by atoms with Crippen molar-refractivity contribution in [2.75, 3.05) is 46.4 Å². The molecule has 0 N–H and O–H groups in total. The summed E-state index contributed by atoms with van der Waals surface area (Å²) < 4.78 is 5.55. The first-order valence-electron chi connectivity index (χ1n) is 9.32. The van der Waals surface area contributed by atoms with Crippen molar-refractivity contribution in [1.82, 2.24) is 14.7 Å². The van der Waals surface area contributed by atoms with Gasteiger partial charge in [0.25, 0.3) is 0 Å². The molecule has 134 valence electrons. The van der Waals surface area contributed by atoms with Crippen LogP contribution in [0.5, 0.6) is 0 Å². The van der Waals surface area contributed by atoms with E-state index in [0.717, 1.165) is 39.1 Å². The molecule has 3 aliphatic rings. The Hall–Kier alpha value is -1.32. The van der Waals surface area contributed by atoms with E-state index in [0.29, 0.717) is 24.5 Å². The SMILES string of the molecule is COC1CCCC(C(C)CN2CCN3CCN(C#N)C[C@@H]3C2=O)C1. The van der Waals surface area contributed by atoms with Crippen LogP contribution in [0.2, 0.25) is 0 Å². The molecule has 0 radical (unpaired) electrons. The minimum atomic E-state index is -0.127. The van der Waals surface area contributed by atoms with Crippen molar-refractivity contribution in [2.24, 2.45) is 11.8 Å². The Morgan fingerprint density at radius 1 is 1.29 bits per heavy atom. The number of nitrogens with zero attached hydrogens (tertiary/aromatic N) is 4. The molecule has 2 aliphatic heterocycles. The highest BCUT2D eigenvalue weighted by atomic mass is 16.5. The maximum absolute atomic E-state index is 12.9. The van der Waals surface area contributed by atoms with Gasteiger partial charge in [0.15, 0.2) is 6.19 Å². The number of fused-ring (bicyclic) bond motifs is 1. The predicted molar refractivity (Wildman–Crippen MR) is 91.0 cm³/mol. The van der Waals surface area contributed by atoms with Crippen LogP contribution < -0.4 is 0 Å². The number of methoxy groups -OCH3 is 1. The van der Waals surface area contributed by atoms with Crippen LogP contribution in [-0.4, -0.2) is 79.1 Å². The standard InChI is InChI=1S/C18H30N4O2/c1-14(15-4-3-5-16(10-15)24-2)11-22-9-8-21-7-6-20(13-19)12-17(21)18(22)23/h14-17H,3-12H2,1-2H3/t14?,15?,16?,17-/m1/s1. The van der Waals surface area contributed by atoms with Crippen molar-refractivity contribution in [1.29, 1.82) is 5.26 Å². The normalized spacial score (nSPS) is 33.0. The van der Waals surface area contributed by atoms with E-state index in [1.807, 2.05) is 12.0 Å². The van der Waals surface area contributed by atoms with E-state index in [1.165, 1.54) is 19.3 Å². The van der Waals surface area contributed by atoms with Gasteiger partial charge in [0.05, 0.1) is 12.6 Å². The number of carbonyl (C=O) groups excluding carboxylic acids is 1. The number of carbonyl (C=O) groups is 1. The van der Waals surface area contributed by atoms with Gasteiger partial charge in [0.1, 0.15) is 6.04 Å². The zero-order chi connectivity index (χ0) is 17.1. The lowest BCUT2D eigenvalue weighted by molar-refractivity contribution is -0.145. The molecule has 0 aromatic carbocycles. The van der Waals surface area contributed by atoms with Gasteiger partial charge in [-0.05, 0) is 31.1 Å². The fraction of sp³-hybridized carbons (Fsp3) is 0.889. The highest BCUT2D eigenvalue weighted by Gasteiger charge is 2.39. The lowest BCUT2D eigenvalue weighted by Gasteiger charge is -2.46. The summed E-state index contributed by atoms with van der Waals surface area (Å²) in [7, 11) is 1.81. The Balaban J connectivity index is 1.57. The number of amides is 1. The summed E-state index contributed by atoms with van der Waals surface area (Å²) >= 11 is 0. The van der Waals surface area contributed by atoms with Crippen LogP contribution in [0.1, 0.15) is 32.6 Å². The van der Waals surface area contributed by atoms with E-state index in [9.17, 15) is 4.79 Å². The summed E-state index contributed by atoms with van der Waals surface area (Å²) in [6.07, 6.45) is 7.36. The zero-order valence-corrected chi connectivity index (χ0v) is 15.0. The molecule has 3 unspecified atom stereocenters.